The highest BCUT2D eigenvalue weighted by Crippen LogP contribution is 2.33. The average Bonchev–Trinajstić information content (AvgIpc) is 2.96. The second kappa shape index (κ2) is 12.2. The lowest BCUT2D eigenvalue weighted by atomic mass is 10.0. The van der Waals surface area contributed by atoms with Gasteiger partial charge >= 0.3 is 0 Å². The summed E-state index contributed by atoms with van der Waals surface area (Å²) < 4.78 is 12.0. The number of ether oxygens (including phenoxy) is 2. The molecule has 0 aliphatic carbocycles. The third-order valence-electron chi connectivity index (χ3n) is 6.99. The van der Waals surface area contributed by atoms with Crippen molar-refractivity contribution in [2.75, 3.05) is 56.7 Å². The lowest BCUT2D eigenvalue weighted by Gasteiger charge is -2.29. The lowest BCUT2D eigenvalue weighted by Crippen LogP contribution is -2.36. The number of hydrogen-bond acceptors (Lipinski definition) is 9. The molecule has 0 spiro atoms. The normalized spacial score (nSPS) is 17.1. The van der Waals surface area contributed by atoms with Gasteiger partial charge in [0.05, 0.1) is 18.7 Å². The van der Waals surface area contributed by atoms with Gasteiger partial charge in [-0.2, -0.15) is 0 Å². The van der Waals surface area contributed by atoms with Crippen LogP contribution in [0.15, 0.2) is 47.6 Å². The van der Waals surface area contributed by atoms with Gasteiger partial charge in [-0.3, -0.25) is 9.79 Å². The van der Waals surface area contributed by atoms with Crippen molar-refractivity contribution in [2.45, 2.75) is 25.9 Å². The van der Waals surface area contributed by atoms with Gasteiger partial charge in [-0.1, -0.05) is 6.08 Å². The monoisotopic (exact) mass is 529 g/mol. The second-order valence-corrected chi connectivity index (χ2v) is 9.66. The Balaban J connectivity index is 1.49. The van der Waals surface area contributed by atoms with Crippen LogP contribution in [0.1, 0.15) is 35.7 Å². The number of nitrogens with one attached hydrogen (secondary N) is 2. The van der Waals surface area contributed by atoms with Crippen molar-refractivity contribution in [2.24, 2.45) is 10.7 Å². The molecule has 39 heavy (non-hydrogen) atoms. The maximum atomic E-state index is 12.1. The minimum atomic E-state index is -0.491. The number of allylic oxidation sites excluding steroid dienone is 2. The van der Waals surface area contributed by atoms with Crippen LogP contribution in [0.2, 0.25) is 0 Å². The summed E-state index contributed by atoms with van der Waals surface area (Å²) in [6, 6.07) is 9.53. The van der Waals surface area contributed by atoms with Crippen LogP contribution >= 0.6 is 0 Å². The number of hydrogen-bond donors (Lipinski definition) is 3. The van der Waals surface area contributed by atoms with E-state index < -0.39 is 5.91 Å². The Bertz CT molecular complexity index is 1390. The molecule has 2 aliphatic heterocycles. The van der Waals surface area contributed by atoms with Crippen LogP contribution < -0.4 is 26.0 Å². The van der Waals surface area contributed by atoms with Gasteiger partial charge in [0.15, 0.2) is 0 Å². The third kappa shape index (κ3) is 6.35. The Morgan fingerprint density at radius 3 is 2.72 bits per heavy atom. The topological polar surface area (TPSA) is 127 Å². The van der Waals surface area contributed by atoms with Crippen molar-refractivity contribution >= 4 is 45.9 Å². The Labute approximate surface area is 228 Å². The SMILES string of the molecule is C/C=C(\C=NC)c1cc2cnc(Nc3cc(C(N)=O)cc(N4CCOCC4)c3)nc2cc1OC1CCNCC1. The smallest absolute Gasteiger partial charge is 0.248 e. The molecular weight excluding hydrogens is 494 g/mol. The summed E-state index contributed by atoms with van der Waals surface area (Å²) in [6.07, 6.45) is 7.68. The fourth-order valence-electron chi connectivity index (χ4n) is 4.93. The number of fused-ring (bicyclic) bond motifs is 1. The van der Waals surface area contributed by atoms with Crippen molar-refractivity contribution < 1.29 is 14.3 Å². The van der Waals surface area contributed by atoms with E-state index >= 15 is 0 Å². The van der Waals surface area contributed by atoms with Crippen LogP contribution in [-0.2, 0) is 4.74 Å². The number of nitrogens with zero attached hydrogens (tertiary/aromatic N) is 4. The summed E-state index contributed by atoms with van der Waals surface area (Å²) in [5, 5.41) is 7.54. The molecule has 10 nitrogen and oxygen atoms in total. The summed E-state index contributed by atoms with van der Waals surface area (Å²) in [5.41, 5.74) is 10.3. The zero-order valence-electron chi connectivity index (χ0n) is 22.4. The quantitative estimate of drug-likeness (QED) is 0.378. The van der Waals surface area contributed by atoms with E-state index in [1.54, 1.807) is 19.3 Å². The number of aromatic nitrogens is 2. The molecule has 0 unspecified atom stereocenters. The first-order valence-electron chi connectivity index (χ1n) is 13.4. The predicted molar refractivity (Wildman–Crippen MR) is 155 cm³/mol. The summed E-state index contributed by atoms with van der Waals surface area (Å²) in [6.45, 7) is 6.63. The highest BCUT2D eigenvalue weighted by molar-refractivity contribution is 6.11. The third-order valence-corrected chi connectivity index (χ3v) is 6.99. The summed E-state index contributed by atoms with van der Waals surface area (Å²) >= 11 is 0. The molecule has 1 aromatic heterocycles. The van der Waals surface area contributed by atoms with Crippen LogP contribution in [0.5, 0.6) is 5.75 Å². The largest absolute Gasteiger partial charge is 0.490 e. The minimum Gasteiger partial charge on any atom is -0.490 e. The summed E-state index contributed by atoms with van der Waals surface area (Å²) in [7, 11) is 1.76. The fourth-order valence-corrected chi connectivity index (χ4v) is 4.93. The van der Waals surface area contributed by atoms with E-state index in [0.29, 0.717) is 30.4 Å². The number of aliphatic imine (C=N–C) groups is 1. The minimum absolute atomic E-state index is 0.133. The van der Waals surface area contributed by atoms with Crippen LogP contribution in [0.25, 0.3) is 16.5 Å². The predicted octanol–water partition coefficient (Wildman–Crippen LogP) is 3.54. The van der Waals surface area contributed by atoms with Gasteiger partial charge in [0.1, 0.15) is 11.9 Å². The van der Waals surface area contributed by atoms with Crippen molar-refractivity contribution in [3.05, 3.63) is 53.7 Å². The molecule has 1 amide bonds. The van der Waals surface area contributed by atoms with Gasteiger partial charge in [0.25, 0.3) is 0 Å². The lowest BCUT2D eigenvalue weighted by molar-refractivity contribution is 0.1000. The van der Waals surface area contributed by atoms with E-state index in [1.807, 2.05) is 37.4 Å². The second-order valence-electron chi connectivity index (χ2n) is 9.66. The zero-order valence-corrected chi connectivity index (χ0v) is 22.4. The molecule has 0 bridgehead atoms. The van der Waals surface area contributed by atoms with Gasteiger partial charge in [0, 0.05) is 66.5 Å². The maximum Gasteiger partial charge on any atom is 0.248 e. The number of benzene rings is 2. The molecule has 0 radical (unpaired) electrons. The van der Waals surface area contributed by atoms with Gasteiger partial charge < -0.3 is 30.7 Å². The summed E-state index contributed by atoms with van der Waals surface area (Å²) in [5.74, 6) is 0.701. The van der Waals surface area contributed by atoms with E-state index in [4.69, 9.17) is 20.2 Å². The van der Waals surface area contributed by atoms with E-state index in [0.717, 1.165) is 72.5 Å². The zero-order chi connectivity index (χ0) is 27.2. The number of carbonyl (C=O) groups excluding carboxylic acids is 1. The average molecular weight is 530 g/mol. The first-order valence-corrected chi connectivity index (χ1v) is 13.4. The number of carbonyl (C=O) groups is 1. The number of rotatable bonds is 8. The van der Waals surface area contributed by atoms with Crippen molar-refractivity contribution in [3.63, 3.8) is 0 Å². The van der Waals surface area contributed by atoms with Crippen molar-refractivity contribution in [1.29, 1.82) is 0 Å². The number of primary amides is 1. The van der Waals surface area contributed by atoms with E-state index in [2.05, 4.69) is 31.6 Å². The molecule has 10 heteroatoms. The molecule has 2 saturated heterocycles. The van der Waals surface area contributed by atoms with E-state index in [1.165, 1.54) is 0 Å². The highest BCUT2D eigenvalue weighted by Gasteiger charge is 2.19. The van der Waals surface area contributed by atoms with Crippen LogP contribution in [0, 0.1) is 0 Å². The van der Waals surface area contributed by atoms with E-state index in [9.17, 15) is 4.79 Å². The molecule has 4 N–H and O–H groups in total. The molecule has 5 rings (SSSR count). The molecule has 2 aliphatic rings. The van der Waals surface area contributed by atoms with Gasteiger partial charge in [-0.05, 0) is 62.7 Å². The standard InChI is InChI=1S/C29H35N7O3/c1-3-19(17-31-2)25-14-21-18-33-29(35-26(21)16-27(25)39-24-4-6-32-7-5-24)34-22-12-20(28(30)37)13-23(15-22)36-8-10-38-11-9-36/h3,12-18,24,32H,4-11H2,1-2H3,(H2,30,37)(H,33,34,35)/b19-3+,31-17?. The molecule has 2 fully saturated rings. The molecule has 3 heterocycles. The highest BCUT2D eigenvalue weighted by atomic mass is 16.5. The first-order chi connectivity index (χ1) is 19.0. The molecule has 204 valence electrons. The van der Waals surface area contributed by atoms with Gasteiger partial charge in [-0.15, -0.1) is 0 Å². The van der Waals surface area contributed by atoms with Crippen LogP contribution in [0.3, 0.4) is 0 Å². The Hall–Kier alpha value is -4.02. The molecule has 3 aromatic rings. The van der Waals surface area contributed by atoms with Crippen LogP contribution in [-0.4, -0.2) is 74.6 Å². The molecule has 0 saturated carbocycles. The number of amides is 1. The van der Waals surface area contributed by atoms with Crippen molar-refractivity contribution in [1.82, 2.24) is 15.3 Å². The molecule has 0 atom stereocenters. The Morgan fingerprint density at radius 2 is 2.00 bits per heavy atom. The maximum absolute atomic E-state index is 12.1. The number of nitrogens with two attached hydrogens (primary N) is 1. The van der Waals surface area contributed by atoms with Gasteiger partial charge in [0.2, 0.25) is 11.9 Å². The number of piperidine rings is 1. The fraction of sp³-hybridized carbons (Fsp3) is 0.379. The summed E-state index contributed by atoms with van der Waals surface area (Å²) in [4.78, 5) is 27.8. The Kier molecular flexibility index (Phi) is 8.33. The number of anilines is 3. The number of morpholine rings is 1. The molecular formula is C29H35N7O3. The van der Waals surface area contributed by atoms with Gasteiger partial charge in [-0.25, -0.2) is 9.97 Å². The Morgan fingerprint density at radius 1 is 1.21 bits per heavy atom. The van der Waals surface area contributed by atoms with Crippen LogP contribution in [0.4, 0.5) is 17.3 Å². The van der Waals surface area contributed by atoms with Crippen molar-refractivity contribution in [3.8, 4) is 5.75 Å². The molecule has 2 aromatic carbocycles. The first kappa shape index (κ1) is 26.6. The van der Waals surface area contributed by atoms with E-state index in [-0.39, 0.29) is 6.10 Å².